The Morgan fingerprint density at radius 3 is 2.30 bits per heavy atom. The van der Waals surface area contributed by atoms with E-state index in [2.05, 4.69) is 4.72 Å². The number of aryl methyl sites for hydroxylation is 2. The summed E-state index contributed by atoms with van der Waals surface area (Å²) in [6, 6.07) is 9.73. The van der Waals surface area contributed by atoms with Crippen LogP contribution in [0.25, 0.3) is 0 Å². The van der Waals surface area contributed by atoms with E-state index in [-0.39, 0.29) is 22.3 Å². The minimum Gasteiger partial charge on any atom is -0.279 e. The molecule has 1 saturated heterocycles. The van der Waals surface area contributed by atoms with Crippen LogP contribution in [0.15, 0.2) is 41.3 Å². The largest absolute Gasteiger partial charge is 0.279 e. The molecule has 2 aromatic rings. The third-order valence-electron chi connectivity index (χ3n) is 5.21. The summed E-state index contributed by atoms with van der Waals surface area (Å²) in [5, 5.41) is 0. The summed E-state index contributed by atoms with van der Waals surface area (Å²) in [7, 11) is -7.67. The van der Waals surface area contributed by atoms with Crippen molar-refractivity contribution < 1.29 is 21.6 Å². The third kappa shape index (κ3) is 3.96. The Morgan fingerprint density at radius 2 is 1.77 bits per heavy atom. The van der Waals surface area contributed by atoms with E-state index in [9.17, 15) is 21.6 Å². The van der Waals surface area contributed by atoms with Crippen LogP contribution < -0.4 is 9.03 Å². The molecule has 1 heterocycles. The van der Waals surface area contributed by atoms with Gasteiger partial charge in [-0.3, -0.25) is 9.52 Å². The van der Waals surface area contributed by atoms with Crippen molar-refractivity contribution in [3.63, 3.8) is 0 Å². The lowest BCUT2D eigenvalue weighted by atomic mass is 9.99. The number of para-hydroxylation sites is 1. The molecule has 1 aliphatic heterocycles. The average molecular weight is 451 g/mol. The first-order valence-electron chi connectivity index (χ1n) is 9.65. The molecule has 0 aromatic heterocycles. The number of carbonyl (C=O) groups excluding carboxylic acids is 1. The van der Waals surface area contributed by atoms with Crippen molar-refractivity contribution in [1.82, 2.24) is 0 Å². The normalized spacial score (nSPS) is 18.8. The lowest BCUT2D eigenvalue weighted by molar-refractivity contribution is -0.119. The molecule has 30 heavy (non-hydrogen) atoms. The topological polar surface area (TPSA) is 101 Å². The Bertz CT molecular complexity index is 1220. The molecule has 0 radical (unpaired) electrons. The molecule has 1 amide bonds. The second-order valence-electron chi connectivity index (χ2n) is 8.03. The van der Waals surface area contributed by atoms with Gasteiger partial charge in [0.25, 0.3) is 10.0 Å². The van der Waals surface area contributed by atoms with Crippen molar-refractivity contribution in [2.45, 2.75) is 45.4 Å². The highest BCUT2D eigenvalue weighted by atomic mass is 32.2. The second-order valence-corrected chi connectivity index (χ2v) is 11.5. The number of nitrogens with one attached hydrogen (secondary N) is 1. The van der Waals surface area contributed by atoms with Crippen LogP contribution in [0.5, 0.6) is 0 Å². The van der Waals surface area contributed by atoms with E-state index >= 15 is 0 Å². The SMILES string of the molecule is Cc1cc(N2C(=O)C(C)CS2(=O)=O)ccc1S(=O)(=O)Nc1c(C)cccc1C(C)C. The van der Waals surface area contributed by atoms with Crippen LogP contribution >= 0.6 is 0 Å². The molecule has 1 fully saturated rings. The number of anilines is 2. The predicted molar refractivity (Wildman–Crippen MR) is 118 cm³/mol. The summed E-state index contributed by atoms with van der Waals surface area (Å²) in [6.07, 6.45) is 0. The van der Waals surface area contributed by atoms with Gasteiger partial charge in [0.05, 0.1) is 27.9 Å². The van der Waals surface area contributed by atoms with E-state index < -0.39 is 31.9 Å². The smallest absolute Gasteiger partial charge is 0.262 e. The highest BCUT2D eigenvalue weighted by molar-refractivity contribution is 7.94. The fraction of sp³-hybridized carbons (Fsp3) is 0.381. The number of benzene rings is 2. The molecule has 3 rings (SSSR count). The summed E-state index contributed by atoms with van der Waals surface area (Å²) in [5.41, 5.74) is 2.74. The molecule has 0 bridgehead atoms. The molecule has 162 valence electrons. The number of amides is 1. The minimum atomic E-state index is -3.92. The van der Waals surface area contributed by atoms with Crippen molar-refractivity contribution in [1.29, 1.82) is 0 Å². The Morgan fingerprint density at radius 1 is 1.10 bits per heavy atom. The summed E-state index contributed by atoms with van der Waals surface area (Å²) in [6.45, 7) is 8.95. The molecular formula is C21H26N2O5S2. The molecule has 0 saturated carbocycles. The summed E-state index contributed by atoms with van der Waals surface area (Å²) in [5.74, 6) is -1.27. The molecular weight excluding hydrogens is 424 g/mol. The molecule has 1 N–H and O–H groups in total. The molecule has 1 atom stereocenters. The van der Waals surface area contributed by atoms with Crippen LogP contribution in [0.3, 0.4) is 0 Å². The summed E-state index contributed by atoms with van der Waals surface area (Å²) < 4.78 is 54.4. The molecule has 0 spiro atoms. The van der Waals surface area contributed by atoms with Gasteiger partial charge in [0.1, 0.15) is 0 Å². The first kappa shape index (κ1) is 22.3. The second kappa shape index (κ2) is 7.70. The van der Waals surface area contributed by atoms with Gasteiger partial charge in [0.2, 0.25) is 15.9 Å². The van der Waals surface area contributed by atoms with Crippen molar-refractivity contribution in [2.24, 2.45) is 5.92 Å². The van der Waals surface area contributed by atoms with Crippen molar-refractivity contribution in [3.8, 4) is 0 Å². The standard InChI is InChI=1S/C21H26N2O5S2/c1-13(2)18-8-6-7-14(3)20(18)22-30(27,28)19-10-9-17(11-15(19)4)23-21(24)16(5)12-29(23,25)26/h6-11,13,16,22H,12H2,1-5H3. The van der Waals surface area contributed by atoms with E-state index in [0.717, 1.165) is 15.4 Å². The number of sulfonamides is 2. The van der Waals surface area contributed by atoms with Gasteiger partial charge in [-0.25, -0.2) is 21.1 Å². The van der Waals surface area contributed by atoms with Crippen molar-refractivity contribution >= 4 is 37.3 Å². The van der Waals surface area contributed by atoms with Gasteiger partial charge >= 0.3 is 0 Å². The van der Waals surface area contributed by atoms with Gasteiger partial charge in [0.15, 0.2) is 0 Å². The first-order valence-corrected chi connectivity index (χ1v) is 12.7. The fourth-order valence-electron chi connectivity index (χ4n) is 3.65. The van der Waals surface area contributed by atoms with Gasteiger partial charge in [-0.1, -0.05) is 39.0 Å². The number of carbonyl (C=O) groups is 1. The van der Waals surface area contributed by atoms with E-state index in [1.807, 2.05) is 39.0 Å². The van der Waals surface area contributed by atoms with E-state index in [1.165, 1.54) is 18.2 Å². The monoisotopic (exact) mass is 450 g/mol. The summed E-state index contributed by atoms with van der Waals surface area (Å²) in [4.78, 5) is 12.3. The molecule has 0 aliphatic carbocycles. The Hall–Kier alpha value is -2.39. The molecule has 1 unspecified atom stereocenters. The maximum absolute atomic E-state index is 13.1. The van der Waals surface area contributed by atoms with Gasteiger partial charge in [0, 0.05) is 0 Å². The maximum atomic E-state index is 13.1. The highest BCUT2D eigenvalue weighted by Gasteiger charge is 2.42. The first-order chi connectivity index (χ1) is 13.8. The molecule has 7 nitrogen and oxygen atoms in total. The zero-order valence-corrected chi connectivity index (χ0v) is 19.3. The van der Waals surface area contributed by atoms with Crippen LogP contribution in [-0.2, 0) is 24.8 Å². The Kier molecular flexibility index (Phi) is 5.72. The number of rotatable bonds is 5. The van der Waals surface area contributed by atoms with Gasteiger partial charge < -0.3 is 0 Å². The van der Waals surface area contributed by atoms with Crippen molar-refractivity contribution in [3.05, 3.63) is 53.1 Å². The quantitative estimate of drug-likeness (QED) is 0.751. The molecule has 1 aliphatic rings. The van der Waals surface area contributed by atoms with Crippen LogP contribution in [0, 0.1) is 19.8 Å². The lowest BCUT2D eigenvalue weighted by Crippen LogP contribution is -2.30. The van der Waals surface area contributed by atoms with Gasteiger partial charge in [-0.05, 0) is 54.7 Å². The van der Waals surface area contributed by atoms with Gasteiger partial charge in [-0.2, -0.15) is 0 Å². The Labute approximate surface area is 178 Å². The number of hydrogen-bond acceptors (Lipinski definition) is 5. The zero-order valence-electron chi connectivity index (χ0n) is 17.6. The fourth-order valence-corrected chi connectivity index (χ4v) is 6.85. The van der Waals surface area contributed by atoms with Crippen LogP contribution in [-0.4, -0.2) is 28.5 Å². The highest BCUT2D eigenvalue weighted by Crippen LogP contribution is 2.33. The van der Waals surface area contributed by atoms with Crippen molar-refractivity contribution in [2.75, 3.05) is 14.8 Å². The molecule has 2 aromatic carbocycles. The van der Waals surface area contributed by atoms with Crippen LogP contribution in [0.1, 0.15) is 43.4 Å². The van der Waals surface area contributed by atoms with E-state index in [1.54, 1.807) is 13.8 Å². The Balaban J connectivity index is 2.01. The van der Waals surface area contributed by atoms with Crippen LogP contribution in [0.2, 0.25) is 0 Å². The maximum Gasteiger partial charge on any atom is 0.262 e. The minimum absolute atomic E-state index is 0.0290. The van der Waals surface area contributed by atoms with Crippen LogP contribution in [0.4, 0.5) is 11.4 Å². The average Bonchev–Trinajstić information content (AvgIpc) is 2.83. The predicted octanol–water partition coefficient (Wildman–Crippen LogP) is 3.54. The van der Waals surface area contributed by atoms with E-state index in [0.29, 0.717) is 11.3 Å². The lowest BCUT2D eigenvalue weighted by Gasteiger charge is -2.20. The summed E-state index contributed by atoms with van der Waals surface area (Å²) >= 11 is 0. The number of nitrogens with zero attached hydrogens (tertiary/aromatic N) is 1. The van der Waals surface area contributed by atoms with Gasteiger partial charge in [-0.15, -0.1) is 0 Å². The third-order valence-corrected chi connectivity index (χ3v) is 8.58. The number of hydrogen-bond donors (Lipinski definition) is 1. The molecule has 9 heteroatoms. The zero-order chi connectivity index (χ0) is 22.4. The van der Waals surface area contributed by atoms with E-state index in [4.69, 9.17) is 0 Å².